The molecule has 1 aromatic rings. The number of hydrogen-bond donors (Lipinski definition) is 1. The second-order valence-electron chi connectivity index (χ2n) is 6.47. The maximum absolute atomic E-state index is 12.7. The molecule has 2 unspecified atom stereocenters. The third-order valence-corrected chi connectivity index (χ3v) is 4.90. The van der Waals surface area contributed by atoms with E-state index < -0.39 is 0 Å². The van der Waals surface area contributed by atoms with Gasteiger partial charge in [-0.25, -0.2) is 10.4 Å². The van der Waals surface area contributed by atoms with Gasteiger partial charge in [-0.1, -0.05) is 30.3 Å². The van der Waals surface area contributed by atoms with Crippen molar-refractivity contribution in [2.45, 2.75) is 31.3 Å². The highest BCUT2D eigenvalue weighted by atomic mass is 16.2. The summed E-state index contributed by atoms with van der Waals surface area (Å²) in [5.41, 5.74) is 4.46. The van der Waals surface area contributed by atoms with E-state index in [2.05, 4.69) is 10.5 Å². The highest BCUT2D eigenvalue weighted by Crippen LogP contribution is 2.29. The first kappa shape index (κ1) is 15.1. The number of carbonyl (C=O) groups excluding carboxylic acids is 2. The molecule has 4 rings (SSSR count). The molecule has 3 heterocycles. The van der Waals surface area contributed by atoms with Gasteiger partial charge >= 0.3 is 0 Å². The third-order valence-electron chi connectivity index (χ3n) is 4.90. The van der Waals surface area contributed by atoms with Gasteiger partial charge in [0.05, 0.1) is 6.04 Å². The van der Waals surface area contributed by atoms with E-state index in [0.29, 0.717) is 6.42 Å². The molecule has 3 aliphatic rings. The van der Waals surface area contributed by atoms with Crippen molar-refractivity contribution >= 4 is 18.2 Å². The second-order valence-corrected chi connectivity index (χ2v) is 6.47. The normalized spacial score (nSPS) is 26.2. The van der Waals surface area contributed by atoms with Gasteiger partial charge in [0.1, 0.15) is 18.9 Å². The van der Waals surface area contributed by atoms with Crippen LogP contribution in [-0.2, 0) is 9.59 Å². The van der Waals surface area contributed by atoms with Crippen molar-refractivity contribution in [3.8, 4) is 0 Å². The predicted molar refractivity (Wildman–Crippen MR) is 88.6 cm³/mol. The van der Waals surface area contributed by atoms with Gasteiger partial charge in [-0.05, 0) is 24.8 Å². The number of amides is 2. The van der Waals surface area contributed by atoms with Gasteiger partial charge < -0.3 is 4.90 Å². The number of hydrogen-bond acceptors (Lipinski definition) is 5. The molecule has 0 saturated carbocycles. The van der Waals surface area contributed by atoms with E-state index in [0.717, 1.165) is 31.5 Å². The first-order valence-corrected chi connectivity index (χ1v) is 8.45. The molecule has 0 bridgehead atoms. The van der Waals surface area contributed by atoms with Crippen LogP contribution in [0.1, 0.15) is 30.9 Å². The van der Waals surface area contributed by atoms with Gasteiger partial charge in [0.15, 0.2) is 0 Å². The molecule has 2 fully saturated rings. The fourth-order valence-corrected chi connectivity index (χ4v) is 3.55. The number of likely N-dealkylation sites (tertiary alicyclic amines) is 1. The lowest BCUT2D eigenvalue weighted by Crippen LogP contribution is -2.52. The van der Waals surface area contributed by atoms with Crippen LogP contribution in [0.25, 0.3) is 0 Å². The Bertz CT molecular complexity index is 656. The van der Waals surface area contributed by atoms with Crippen LogP contribution in [0.4, 0.5) is 0 Å². The number of hydrazine groups is 1. The highest BCUT2D eigenvalue weighted by Gasteiger charge is 2.41. The Labute approximate surface area is 140 Å². The van der Waals surface area contributed by atoms with Gasteiger partial charge in [-0.15, -0.1) is 0 Å². The zero-order valence-electron chi connectivity index (χ0n) is 13.5. The zero-order chi connectivity index (χ0) is 16.5. The number of hydrazone groups is 1. The molecule has 2 atom stereocenters. The fraction of sp³-hybridized carbons (Fsp3) is 0.471. The quantitative estimate of drug-likeness (QED) is 0.888. The van der Waals surface area contributed by atoms with E-state index in [-0.39, 0.29) is 30.4 Å². The first-order chi connectivity index (χ1) is 11.7. The number of nitrogens with zero attached hydrogens (tertiary/aromatic N) is 4. The van der Waals surface area contributed by atoms with Crippen molar-refractivity contribution in [3.05, 3.63) is 35.9 Å². The smallest absolute Gasteiger partial charge is 0.267 e. The van der Waals surface area contributed by atoms with Crippen LogP contribution < -0.4 is 5.43 Å². The van der Waals surface area contributed by atoms with Crippen LogP contribution in [0, 0.1) is 0 Å². The van der Waals surface area contributed by atoms with E-state index >= 15 is 0 Å². The van der Waals surface area contributed by atoms with E-state index in [1.54, 1.807) is 11.3 Å². The molecule has 2 amide bonds. The molecule has 7 heteroatoms. The minimum atomic E-state index is -0.306. The van der Waals surface area contributed by atoms with Crippen LogP contribution in [-0.4, -0.2) is 58.7 Å². The first-order valence-electron chi connectivity index (χ1n) is 8.45. The van der Waals surface area contributed by atoms with Gasteiger partial charge in [-0.2, -0.15) is 5.10 Å². The van der Waals surface area contributed by atoms with Gasteiger partial charge in [0, 0.05) is 13.1 Å². The molecule has 0 aliphatic carbocycles. The Morgan fingerprint density at radius 2 is 1.96 bits per heavy atom. The molecule has 0 radical (unpaired) electrons. The molecule has 2 saturated heterocycles. The van der Waals surface area contributed by atoms with Crippen molar-refractivity contribution < 1.29 is 9.59 Å². The molecule has 3 aliphatic heterocycles. The molecule has 1 N–H and O–H groups in total. The number of benzene rings is 1. The molecule has 24 heavy (non-hydrogen) atoms. The lowest BCUT2D eigenvalue weighted by molar-refractivity contribution is -0.143. The van der Waals surface area contributed by atoms with Gasteiger partial charge in [-0.3, -0.25) is 14.6 Å². The van der Waals surface area contributed by atoms with E-state index in [9.17, 15) is 9.59 Å². The van der Waals surface area contributed by atoms with E-state index in [4.69, 9.17) is 0 Å². The average Bonchev–Trinajstić information content (AvgIpc) is 3.28. The third kappa shape index (κ3) is 2.75. The minimum absolute atomic E-state index is 0.0167. The van der Waals surface area contributed by atoms with Crippen molar-refractivity contribution in [2.75, 3.05) is 19.6 Å². The summed E-state index contributed by atoms with van der Waals surface area (Å²) >= 11 is 0. The summed E-state index contributed by atoms with van der Waals surface area (Å²) in [5, 5.41) is 7.24. The van der Waals surface area contributed by atoms with Crippen LogP contribution in [0.2, 0.25) is 0 Å². The molecular formula is C17H21N5O2. The monoisotopic (exact) mass is 327 g/mol. The number of rotatable bonds is 3. The van der Waals surface area contributed by atoms with E-state index in [1.165, 1.54) is 5.01 Å². The SMILES string of the molecule is O=C(CN1N=CN2NC(c3ccccc3)CC2C1=O)N1CCCC1. The molecule has 0 spiro atoms. The summed E-state index contributed by atoms with van der Waals surface area (Å²) in [6.45, 7) is 1.62. The topological polar surface area (TPSA) is 68.2 Å². The number of fused-ring (bicyclic) bond motifs is 1. The molecule has 7 nitrogen and oxygen atoms in total. The van der Waals surface area contributed by atoms with Crippen LogP contribution in [0.5, 0.6) is 0 Å². The lowest BCUT2D eigenvalue weighted by atomic mass is 10.0. The van der Waals surface area contributed by atoms with Crippen LogP contribution >= 0.6 is 0 Å². The van der Waals surface area contributed by atoms with Crippen molar-refractivity contribution in [1.29, 1.82) is 0 Å². The maximum Gasteiger partial charge on any atom is 0.267 e. The summed E-state index contributed by atoms with van der Waals surface area (Å²) in [7, 11) is 0. The predicted octanol–water partition coefficient (Wildman–Crippen LogP) is 0.714. The largest absolute Gasteiger partial charge is 0.341 e. The van der Waals surface area contributed by atoms with E-state index in [1.807, 2.05) is 35.2 Å². The van der Waals surface area contributed by atoms with Crippen molar-refractivity contribution in [1.82, 2.24) is 20.3 Å². The van der Waals surface area contributed by atoms with Crippen molar-refractivity contribution in [2.24, 2.45) is 5.10 Å². The fourth-order valence-electron chi connectivity index (χ4n) is 3.55. The Kier molecular flexibility index (Phi) is 3.93. The lowest BCUT2D eigenvalue weighted by Gasteiger charge is -2.30. The molecular weight excluding hydrogens is 306 g/mol. The molecule has 0 aromatic heterocycles. The zero-order valence-corrected chi connectivity index (χ0v) is 13.5. The molecule has 126 valence electrons. The summed E-state index contributed by atoms with van der Waals surface area (Å²) in [4.78, 5) is 26.8. The number of nitrogens with one attached hydrogen (secondary N) is 1. The second kappa shape index (κ2) is 6.24. The maximum atomic E-state index is 12.7. The Balaban J connectivity index is 1.43. The summed E-state index contributed by atoms with van der Waals surface area (Å²) in [6, 6.07) is 9.83. The molecule has 1 aromatic carbocycles. The van der Waals surface area contributed by atoms with Gasteiger partial charge in [0.25, 0.3) is 5.91 Å². The van der Waals surface area contributed by atoms with Crippen molar-refractivity contribution in [3.63, 3.8) is 0 Å². The Morgan fingerprint density at radius 1 is 1.21 bits per heavy atom. The average molecular weight is 327 g/mol. The Hall–Kier alpha value is -2.41. The summed E-state index contributed by atoms with van der Waals surface area (Å²) in [5.74, 6) is -0.131. The van der Waals surface area contributed by atoms with Gasteiger partial charge in [0.2, 0.25) is 5.91 Å². The highest BCUT2D eigenvalue weighted by molar-refractivity contribution is 5.91. The van der Waals surface area contributed by atoms with Crippen LogP contribution in [0.15, 0.2) is 35.4 Å². The van der Waals surface area contributed by atoms with Crippen LogP contribution in [0.3, 0.4) is 0 Å². The summed E-state index contributed by atoms with van der Waals surface area (Å²) in [6.07, 6.45) is 4.37. The standard InChI is InChI=1S/C17H21N5O2/c23-16(20-8-4-5-9-20)11-21-17(24)15-10-14(19-22(15)12-18-21)13-6-2-1-3-7-13/h1-3,6-7,12,14-15,19H,4-5,8-11H2. The minimum Gasteiger partial charge on any atom is -0.341 e. The Morgan fingerprint density at radius 3 is 2.71 bits per heavy atom. The number of carbonyl (C=O) groups is 2. The summed E-state index contributed by atoms with van der Waals surface area (Å²) < 4.78 is 0.